The fraction of sp³-hybridized carbons (Fsp3) is 0.0625. The smallest absolute Gasteiger partial charge is 0.262 e. The quantitative estimate of drug-likeness (QED) is 0.290. The lowest BCUT2D eigenvalue weighted by Gasteiger charge is -2.26. The van der Waals surface area contributed by atoms with Crippen LogP contribution in [-0.4, -0.2) is 22.4 Å². The van der Waals surface area contributed by atoms with Gasteiger partial charge in [-0.2, -0.15) is 0 Å². The number of nitrogens with zero attached hydrogens (tertiary/aromatic N) is 2. The first kappa shape index (κ1) is 20.7. The van der Waals surface area contributed by atoms with Gasteiger partial charge in [-0.05, 0) is 48.0 Å². The third kappa shape index (κ3) is 2.94. The van der Waals surface area contributed by atoms with E-state index in [1.807, 2.05) is 83.8 Å². The number of amides is 1. The molecule has 1 aliphatic heterocycles. The molecule has 7 rings (SSSR count). The van der Waals surface area contributed by atoms with Crippen LogP contribution >= 0.6 is 0 Å². The van der Waals surface area contributed by atoms with Crippen LogP contribution < -0.4 is 4.90 Å². The van der Waals surface area contributed by atoms with E-state index < -0.39 is 0 Å². The molecule has 0 N–H and O–H groups in total. The molecule has 0 radical (unpaired) electrons. The van der Waals surface area contributed by atoms with E-state index in [4.69, 9.17) is 0 Å². The number of carbonyl (C=O) groups is 2. The normalized spacial score (nSPS) is 17.9. The Morgan fingerprint density at radius 1 is 0.583 bits per heavy atom. The van der Waals surface area contributed by atoms with E-state index in [0.717, 1.165) is 33.1 Å². The molecule has 1 aliphatic carbocycles. The zero-order valence-electron chi connectivity index (χ0n) is 19.4. The molecule has 2 heterocycles. The van der Waals surface area contributed by atoms with E-state index >= 15 is 0 Å². The number of hydrogen-bond donors (Lipinski definition) is 0. The molecule has 4 heteroatoms. The third-order valence-electron chi connectivity index (χ3n) is 7.34. The number of benzene rings is 4. The standard InChI is InChI=1S/C32H22N2O2/c35-31(33-27-13-5-1-9-23(27)24-10-2-6-14-28(24)33)21-17-19-22(20-18-21)32(36)34-29-15-7-3-11-25(29)26-12-4-8-16-30(26)34/h1-20,23,27H/t23-,27+/m0/s1. The fourth-order valence-electron chi connectivity index (χ4n) is 5.69. The summed E-state index contributed by atoms with van der Waals surface area (Å²) in [5.41, 5.74) is 4.96. The highest BCUT2D eigenvalue weighted by Crippen LogP contribution is 2.44. The van der Waals surface area contributed by atoms with E-state index in [-0.39, 0.29) is 23.8 Å². The summed E-state index contributed by atoms with van der Waals surface area (Å²) < 4.78 is 1.77. The molecule has 0 saturated carbocycles. The SMILES string of the molecule is O=C(c1ccc(C(=O)n2c3ccccc3c3ccccc32)cc1)N1c2ccccc2[C@@H]2C=CC=C[C@H]21. The van der Waals surface area contributed by atoms with E-state index in [2.05, 4.69) is 18.2 Å². The van der Waals surface area contributed by atoms with Crippen molar-refractivity contribution in [2.24, 2.45) is 0 Å². The number of anilines is 1. The maximum atomic E-state index is 13.7. The molecule has 0 fully saturated rings. The van der Waals surface area contributed by atoms with Crippen LogP contribution in [0.5, 0.6) is 0 Å². The lowest BCUT2D eigenvalue weighted by Crippen LogP contribution is -2.38. The van der Waals surface area contributed by atoms with Crippen LogP contribution in [0, 0.1) is 0 Å². The van der Waals surface area contributed by atoms with Crippen LogP contribution in [0.2, 0.25) is 0 Å². The Morgan fingerprint density at radius 3 is 1.83 bits per heavy atom. The summed E-state index contributed by atoms with van der Waals surface area (Å²) in [4.78, 5) is 29.3. The van der Waals surface area contributed by atoms with Gasteiger partial charge in [0, 0.05) is 33.5 Å². The second-order valence-corrected chi connectivity index (χ2v) is 9.27. The molecule has 0 spiro atoms. The van der Waals surface area contributed by atoms with Crippen molar-refractivity contribution in [1.29, 1.82) is 0 Å². The largest absolute Gasteiger partial charge is 0.300 e. The van der Waals surface area contributed by atoms with Crippen molar-refractivity contribution in [2.75, 3.05) is 4.90 Å². The summed E-state index contributed by atoms with van der Waals surface area (Å²) in [5, 5.41) is 2.09. The summed E-state index contributed by atoms with van der Waals surface area (Å²) >= 11 is 0. The molecule has 2 aliphatic rings. The Balaban J connectivity index is 1.25. The molecular weight excluding hydrogens is 444 g/mol. The topological polar surface area (TPSA) is 42.3 Å². The zero-order valence-corrected chi connectivity index (χ0v) is 19.4. The molecule has 36 heavy (non-hydrogen) atoms. The van der Waals surface area contributed by atoms with Gasteiger partial charge >= 0.3 is 0 Å². The van der Waals surface area contributed by atoms with Gasteiger partial charge in [-0.15, -0.1) is 0 Å². The first-order valence-electron chi connectivity index (χ1n) is 12.1. The van der Waals surface area contributed by atoms with Gasteiger partial charge in [0.25, 0.3) is 11.8 Å². The van der Waals surface area contributed by atoms with Crippen molar-refractivity contribution >= 4 is 39.3 Å². The van der Waals surface area contributed by atoms with Crippen molar-refractivity contribution in [3.05, 3.63) is 138 Å². The first-order valence-corrected chi connectivity index (χ1v) is 12.1. The molecule has 1 aromatic heterocycles. The van der Waals surface area contributed by atoms with Crippen LogP contribution in [0.15, 0.2) is 121 Å². The number of carbonyl (C=O) groups excluding carboxylic acids is 2. The number of para-hydroxylation sites is 3. The maximum absolute atomic E-state index is 13.7. The maximum Gasteiger partial charge on any atom is 0.262 e. The molecule has 4 aromatic carbocycles. The van der Waals surface area contributed by atoms with Gasteiger partial charge < -0.3 is 4.90 Å². The number of rotatable bonds is 2. The monoisotopic (exact) mass is 466 g/mol. The highest BCUT2D eigenvalue weighted by Gasteiger charge is 2.39. The highest BCUT2D eigenvalue weighted by atomic mass is 16.2. The first-order chi connectivity index (χ1) is 17.7. The predicted octanol–water partition coefficient (Wildman–Crippen LogP) is 6.72. The molecule has 1 amide bonds. The summed E-state index contributed by atoms with van der Waals surface area (Å²) in [5.74, 6) is -0.0181. The van der Waals surface area contributed by atoms with Gasteiger partial charge in [-0.25, -0.2) is 0 Å². The van der Waals surface area contributed by atoms with Crippen molar-refractivity contribution < 1.29 is 9.59 Å². The van der Waals surface area contributed by atoms with Crippen LogP contribution in [0.4, 0.5) is 5.69 Å². The van der Waals surface area contributed by atoms with Gasteiger partial charge in [0.05, 0.1) is 17.1 Å². The second kappa shape index (κ2) is 7.92. The predicted molar refractivity (Wildman–Crippen MR) is 144 cm³/mol. The Kier molecular flexibility index (Phi) is 4.55. The summed E-state index contributed by atoms with van der Waals surface area (Å²) in [6.07, 6.45) is 8.29. The molecule has 172 valence electrons. The molecular formula is C32H22N2O2. The minimum Gasteiger partial charge on any atom is -0.300 e. The Bertz CT molecular complexity index is 1690. The Morgan fingerprint density at radius 2 is 1.14 bits per heavy atom. The second-order valence-electron chi connectivity index (χ2n) is 9.27. The number of hydrogen-bond acceptors (Lipinski definition) is 2. The van der Waals surface area contributed by atoms with E-state index in [0.29, 0.717) is 11.1 Å². The zero-order chi connectivity index (χ0) is 24.2. The molecule has 0 saturated heterocycles. The van der Waals surface area contributed by atoms with Crippen molar-refractivity contribution in [1.82, 2.24) is 4.57 Å². The van der Waals surface area contributed by atoms with Gasteiger partial charge in [0.1, 0.15) is 0 Å². The lowest BCUT2D eigenvalue weighted by molar-refractivity contribution is 0.0962. The molecule has 4 nitrogen and oxygen atoms in total. The van der Waals surface area contributed by atoms with Gasteiger partial charge in [-0.3, -0.25) is 14.2 Å². The highest BCUT2D eigenvalue weighted by molar-refractivity contribution is 6.16. The fourth-order valence-corrected chi connectivity index (χ4v) is 5.69. The molecule has 2 atom stereocenters. The van der Waals surface area contributed by atoms with Crippen molar-refractivity contribution in [3.63, 3.8) is 0 Å². The van der Waals surface area contributed by atoms with Gasteiger partial charge in [0.2, 0.25) is 0 Å². The number of allylic oxidation sites excluding steroid dienone is 2. The average molecular weight is 467 g/mol. The van der Waals surface area contributed by atoms with Crippen LogP contribution in [-0.2, 0) is 0 Å². The summed E-state index contributed by atoms with van der Waals surface area (Å²) in [7, 11) is 0. The minimum atomic E-state index is -0.113. The van der Waals surface area contributed by atoms with Crippen LogP contribution in [0.3, 0.4) is 0 Å². The van der Waals surface area contributed by atoms with Gasteiger partial charge in [0.15, 0.2) is 0 Å². The summed E-state index contributed by atoms with van der Waals surface area (Å²) in [6.45, 7) is 0. The molecule has 0 unspecified atom stereocenters. The van der Waals surface area contributed by atoms with Gasteiger partial charge in [-0.1, -0.05) is 78.9 Å². The summed E-state index contributed by atoms with van der Waals surface area (Å²) in [6, 6.07) is 31.0. The molecule has 5 aromatic rings. The number of fused-ring (bicyclic) bond motifs is 6. The number of aromatic nitrogens is 1. The van der Waals surface area contributed by atoms with E-state index in [1.165, 1.54) is 0 Å². The third-order valence-corrected chi connectivity index (χ3v) is 7.34. The van der Waals surface area contributed by atoms with Crippen molar-refractivity contribution in [2.45, 2.75) is 12.0 Å². The van der Waals surface area contributed by atoms with E-state index in [1.54, 1.807) is 28.8 Å². The van der Waals surface area contributed by atoms with Crippen LogP contribution in [0.1, 0.15) is 32.2 Å². The van der Waals surface area contributed by atoms with Crippen LogP contribution in [0.25, 0.3) is 21.8 Å². The Labute approximate surface area is 208 Å². The van der Waals surface area contributed by atoms with Crippen molar-refractivity contribution in [3.8, 4) is 0 Å². The average Bonchev–Trinajstić information content (AvgIpc) is 3.46. The molecule has 0 bridgehead atoms. The minimum absolute atomic E-state index is 0.0428. The Hall–Kier alpha value is -4.70. The lowest BCUT2D eigenvalue weighted by atomic mass is 9.91. The van der Waals surface area contributed by atoms with E-state index in [9.17, 15) is 9.59 Å².